The Morgan fingerprint density at radius 1 is 1.33 bits per heavy atom. The van der Waals surface area contributed by atoms with Gasteiger partial charge in [0, 0.05) is 30.7 Å². The number of fused-ring (bicyclic) bond motifs is 1. The van der Waals surface area contributed by atoms with Crippen LogP contribution >= 0.6 is 27.7 Å². The third-order valence-corrected chi connectivity index (χ3v) is 5.50. The molecule has 1 aliphatic rings. The highest BCUT2D eigenvalue weighted by Gasteiger charge is 2.29. The lowest BCUT2D eigenvalue weighted by Crippen LogP contribution is -2.43. The third kappa shape index (κ3) is 4.45. The Balaban J connectivity index is 1.88. The van der Waals surface area contributed by atoms with E-state index in [-0.39, 0.29) is 17.7 Å². The van der Waals surface area contributed by atoms with Gasteiger partial charge in [-0.1, -0.05) is 11.8 Å². The summed E-state index contributed by atoms with van der Waals surface area (Å²) in [5.74, 6) is 0. The van der Waals surface area contributed by atoms with Gasteiger partial charge in [0.2, 0.25) is 0 Å². The first-order valence-electron chi connectivity index (χ1n) is 8.79. The van der Waals surface area contributed by atoms with Gasteiger partial charge in [0.05, 0.1) is 4.47 Å². The molecule has 0 bridgehead atoms. The van der Waals surface area contributed by atoms with E-state index in [1.54, 1.807) is 21.7 Å². The molecular formula is C18H23BrN4O3S. The Hall–Kier alpha value is -1.61. The predicted molar refractivity (Wildman–Crippen MR) is 109 cm³/mol. The second-order valence-electron chi connectivity index (χ2n) is 7.50. The number of rotatable bonds is 2. The normalized spacial score (nSPS) is 16.0. The molecule has 1 aliphatic heterocycles. The molecule has 0 spiro atoms. The molecule has 7 nitrogen and oxygen atoms in total. The number of carbonyl (C=O) groups excluding carboxylic acids is 1. The molecule has 1 fully saturated rings. The van der Waals surface area contributed by atoms with Crippen LogP contribution in [0, 0.1) is 0 Å². The van der Waals surface area contributed by atoms with Gasteiger partial charge in [-0.05, 0) is 61.9 Å². The molecule has 1 amide bonds. The molecular weight excluding hydrogens is 432 g/mol. The molecule has 0 aliphatic carbocycles. The number of aromatic nitrogens is 3. The van der Waals surface area contributed by atoms with Crippen LogP contribution in [0.3, 0.4) is 0 Å². The van der Waals surface area contributed by atoms with Crippen LogP contribution < -0.4 is 5.56 Å². The fourth-order valence-corrected chi connectivity index (χ4v) is 3.91. The minimum atomic E-state index is -0.517. The number of nitrogens with zero attached hydrogens (tertiary/aromatic N) is 4. The fourth-order valence-electron chi connectivity index (χ4n) is 3.14. The van der Waals surface area contributed by atoms with Gasteiger partial charge in [-0.3, -0.25) is 9.36 Å². The Morgan fingerprint density at radius 3 is 2.59 bits per heavy atom. The summed E-state index contributed by atoms with van der Waals surface area (Å²) in [6.45, 7) is 6.65. The maximum atomic E-state index is 12.8. The van der Waals surface area contributed by atoms with Crippen molar-refractivity contribution in [2.45, 2.75) is 50.4 Å². The van der Waals surface area contributed by atoms with Crippen molar-refractivity contribution in [1.29, 1.82) is 0 Å². The number of hydrogen-bond donors (Lipinski definition) is 0. The number of pyridine rings is 1. The maximum absolute atomic E-state index is 12.8. The summed E-state index contributed by atoms with van der Waals surface area (Å²) in [5, 5.41) is 1.44. The maximum Gasteiger partial charge on any atom is 0.410 e. The molecule has 0 radical (unpaired) electrons. The zero-order chi connectivity index (χ0) is 19.8. The number of amides is 1. The van der Waals surface area contributed by atoms with E-state index >= 15 is 0 Å². The Labute approximate surface area is 170 Å². The Morgan fingerprint density at radius 2 is 2.00 bits per heavy atom. The summed E-state index contributed by atoms with van der Waals surface area (Å²) in [6, 6.07) is 1.73. The van der Waals surface area contributed by atoms with Crippen molar-refractivity contribution in [2.24, 2.45) is 0 Å². The van der Waals surface area contributed by atoms with Crippen molar-refractivity contribution in [3.05, 3.63) is 27.1 Å². The molecule has 0 saturated carbocycles. The topological polar surface area (TPSA) is 77.3 Å². The third-order valence-electron chi connectivity index (χ3n) is 4.37. The van der Waals surface area contributed by atoms with Crippen molar-refractivity contribution >= 4 is 44.8 Å². The molecule has 0 unspecified atom stereocenters. The highest BCUT2D eigenvalue weighted by Crippen LogP contribution is 2.27. The minimum Gasteiger partial charge on any atom is -0.444 e. The quantitative estimate of drug-likeness (QED) is 0.506. The first kappa shape index (κ1) is 20.1. The second kappa shape index (κ2) is 7.79. The van der Waals surface area contributed by atoms with E-state index < -0.39 is 5.60 Å². The van der Waals surface area contributed by atoms with Gasteiger partial charge in [-0.15, -0.1) is 0 Å². The number of carbonyl (C=O) groups is 1. The van der Waals surface area contributed by atoms with Crippen molar-refractivity contribution in [2.75, 3.05) is 19.3 Å². The summed E-state index contributed by atoms with van der Waals surface area (Å²) in [4.78, 5) is 35.7. The second-order valence-corrected chi connectivity index (χ2v) is 9.13. The average molecular weight is 455 g/mol. The van der Waals surface area contributed by atoms with Gasteiger partial charge in [0.15, 0.2) is 5.16 Å². The van der Waals surface area contributed by atoms with Crippen LogP contribution in [0.25, 0.3) is 11.0 Å². The molecule has 0 atom stereocenters. The summed E-state index contributed by atoms with van der Waals surface area (Å²) < 4.78 is 7.68. The zero-order valence-corrected chi connectivity index (χ0v) is 18.3. The summed E-state index contributed by atoms with van der Waals surface area (Å²) in [7, 11) is 0. The van der Waals surface area contributed by atoms with Crippen LogP contribution in [0.1, 0.15) is 39.7 Å². The highest BCUT2D eigenvalue weighted by atomic mass is 79.9. The number of ether oxygens (including phenoxy) is 1. The van der Waals surface area contributed by atoms with Gasteiger partial charge in [0.25, 0.3) is 5.56 Å². The SMILES string of the molecule is CSc1ncc2cc(Br)c(=O)n(C3CCN(C(=O)OC(C)(C)C)CC3)c2n1. The minimum absolute atomic E-state index is 0.0270. The van der Waals surface area contributed by atoms with Gasteiger partial charge in [0.1, 0.15) is 11.2 Å². The highest BCUT2D eigenvalue weighted by molar-refractivity contribution is 9.10. The van der Waals surface area contributed by atoms with E-state index in [1.807, 2.05) is 27.0 Å². The molecule has 0 N–H and O–H groups in total. The average Bonchev–Trinajstić information content (AvgIpc) is 2.61. The smallest absolute Gasteiger partial charge is 0.410 e. The molecule has 9 heteroatoms. The molecule has 2 aromatic rings. The molecule has 3 rings (SSSR count). The standard InChI is InChI=1S/C18H23BrN4O3S/c1-18(2,3)26-17(25)22-7-5-12(6-8-22)23-14-11(9-13(19)15(23)24)10-20-16(21-14)27-4/h9-10,12H,5-8H2,1-4H3. The molecule has 1 saturated heterocycles. The number of hydrogen-bond acceptors (Lipinski definition) is 6. The number of thioether (sulfide) groups is 1. The monoisotopic (exact) mass is 454 g/mol. The lowest BCUT2D eigenvalue weighted by molar-refractivity contribution is 0.0188. The molecule has 0 aromatic carbocycles. The van der Waals surface area contributed by atoms with Crippen LogP contribution in [0.2, 0.25) is 0 Å². The first-order chi connectivity index (χ1) is 12.7. The van der Waals surface area contributed by atoms with Gasteiger partial charge in [-0.25, -0.2) is 14.8 Å². The van der Waals surface area contributed by atoms with Crippen molar-refractivity contribution in [3.8, 4) is 0 Å². The molecule has 2 aromatic heterocycles. The fraction of sp³-hybridized carbons (Fsp3) is 0.556. The van der Waals surface area contributed by atoms with Crippen LogP contribution in [0.4, 0.5) is 4.79 Å². The van der Waals surface area contributed by atoms with E-state index in [9.17, 15) is 9.59 Å². The molecule has 146 valence electrons. The number of likely N-dealkylation sites (tertiary alicyclic amines) is 1. The van der Waals surface area contributed by atoms with Crippen LogP contribution in [0.5, 0.6) is 0 Å². The van der Waals surface area contributed by atoms with Crippen molar-refractivity contribution < 1.29 is 9.53 Å². The summed E-state index contributed by atoms with van der Waals surface area (Å²) in [6.07, 6.45) is 4.68. The Bertz CT molecular complexity index is 917. The van der Waals surface area contributed by atoms with Crippen LogP contribution in [-0.4, -0.2) is 50.5 Å². The number of halogens is 1. The van der Waals surface area contributed by atoms with Crippen LogP contribution in [0.15, 0.2) is 26.7 Å². The van der Waals surface area contributed by atoms with Gasteiger partial charge >= 0.3 is 6.09 Å². The number of piperidine rings is 1. The van der Waals surface area contributed by atoms with E-state index in [0.717, 1.165) is 5.39 Å². The largest absolute Gasteiger partial charge is 0.444 e. The van der Waals surface area contributed by atoms with Gasteiger partial charge < -0.3 is 9.64 Å². The van der Waals surface area contributed by atoms with E-state index in [0.29, 0.717) is 41.2 Å². The molecule has 27 heavy (non-hydrogen) atoms. The lowest BCUT2D eigenvalue weighted by Gasteiger charge is -2.34. The van der Waals surface area contributed by atoms with E-state index in [4.69, 9.17) is 4.74 Å². The summed E-state index contributed by atoms with van der Waals surface area (Å²) in [5.41, 5.74) is 0.0125. The first-order valence-corrected chi connectivity index (χ1v) is 10.8. The Kier molecular flexibility index (Phi) is 5.81. The van der Waals surface area contributed by atoms with Crippen LogP contribution in [-0.2, 0) is 4.74 Å². The predicted octanol–water partition coefficient (Wildman–Crippen LogP) is 3.85. The van der Waals surface area contributed by atoms with Crippen molar-refractivity contribution in [1.82, 2.24) is 19.4 Å². The lowest BCUT2D eigenvalue weighted by atomic mass is 10.0. The van der Waals surface area contributed by atoms with Gasteiger partial charge in [-0.2, -0.15) is 0 Å². The van der Waals surface area contributed by atoms with Crippen molar-refractivity contribution in [3.63, 3.8) is 0 Å². The van der Waals surface area contributed by atoms with E-state index in [2.05, 4.69) is 25.9 Å². The zero-order valence-electron chi connectivity index (χ0n) is 15.9. The van der Waals surface area contributed by atoms with E-state index in [1.165, 1.54) is 11.8 Å². The molecule has 3 heterocycles. The summed E-state index contributed by atoms with van der Waals surface area (Å²) >= 11 is 4.80.